The molecule has 0 bridgehead atoms. The molecule has 0 amide bonds. The number of allylic oxidation sites excluding steroid dienone is 2. The second-order valence-corrected chi connectivity index (χ2v) is 3.66. The van der Waals surface area contributed by atoms with Crippen LogP contribution in [0.3, 0.4) is 0 Å². The third-order valence-electron chi connectivity index (χ3n) is 2.61. The maximum Gasteiger partial charge on any atom is 0.310 e. The monoisotopic (exact) mass is 226 g/mol. The molecule has 0 aliphatic heterocycles. The van der Waals surface area contributed by atoms with Crippen molar-refractivity contribution in [3.63, 3.8) is 0 Å². The zero-order valence-corrected chi connectivity index (χ0v) is 9.77. The van der Waals surface area contributed by atoms with Crippen LogP contribution in [0.5, 0.6) is 0 Å². The molecule has 4 nitrogen and oxygen atoms in total. The first-order valence-electron chi connectivity index (χ1n) is 5.69. The molecule has 0 saturated heterocycles. The smallest absolute Gasteiger partial charge is 0.310 e. The Morgan fingerprint density at radius 1 is 1.00 bits per heavy atom. The van der Waals surface area contributed by atoms with Gasteiger partial charge >= 0.3 is 11.9 Å². The van der Waals surface area contributed by atoms with Gasteiger partial charge in [-0.05, 0) is 26.7 Å². The molecule has 1 aliphatic rings. The predicted octanol–water partition coefficient (Wildman–Crippen LogP) is 1.70. The van der Waals surface area contributed by atoms with Crippen molar-refractivity contribution in [2.45, 2.75) is 26.7 Å². The van der Waals surface area contributed by atoms with Crippen molar-refractivity contribution in [2.75, 3.05) is 13.2 Å². The van der Waals surface area contributed by atoms with Crippen LogP contribution in [0.2, 0.25) is 0 Å². The van der Waals surface area contributed by atoms with Crippen molar-refractivity contribution in [2.24, 2.45) is 11.8 Å². The summed E-state index contributed by atoms with van der Waals surface area (Å²) in [4.78, 5) is 23.3. The van der Waals surface area contributed by atoms with E-state index in [9.17, 15) is 9.59 Å². The minimum Gasteiger partial charge on any atom is -0.466 e. The Hall–Kier alpha value is -1.32. The zero-order chi connectivity index (χ0) is 12.0. The molecule has 0 fully saturated rings. The second kappa shape index (κ2) is 6.30. The third kappa shape index (κ3) is 3.08. The first-order valence-corrected chi connectivity index (χ1v) is 5.69. The van der Waals surface area contributed by atoms with Crippen LogP contribution in [-0.4, -0.2) is 25.2 Å². The van der Waals surface area contributed by atoms with Crippen molar-refractivity contribution < 1.29 is 19.1 Å². The SMILES string of the molecule is CCOC(=O)C1CC=CC[C@H]1C(=O)OCC. The van der Waals surface area contributed by atoms with Gasteiger partial charge in [0.2, 0.25) is 0 Å². The van der Waals surface area contributed by atoms with Crippen molar-refractivity contribution in [3.05, 3.63) is 12.2 Å². The average molecular weight is 226 g/mol. The summed E-state index contributed by atoms with van der Waals surface area (Å²) in [5.41, 5.74) is 0. The fourth-order valence-electron chi connectivity index (χ4n) is 1.83. The summed E-state index contributed by atoms with van der Waals surface area (Å²) < 4.78 is 9.92. The molecule has 16 heavy (non-hydrogen) atoms. The lowest BCUT2D eigenvalue weighted by molar-refractivity contribution is -0.160. The Labute approximate surface area is 95.6 Å². The first kappa shape index (κ1) is 12.7. The van der Waals surface area contributed by atoms with Crippen molar-refractivity contribution in [3.8, 4) is 0 Å². The van der Waals surface area contributed by atoms with E-state index in [1.54, 1.807) is 13.8 Å². The average Bonchev–Trinajstić information content (AvgIpc) is 2.30. The van der Waals surface area contributed by atoms with Crippen LogP contribution in [0, 0.1) is 11.8 Å². The van der Waals surface area contributed by atoms with Crippen LogP contribution in [0.15, 0.2) is 12.2 Å². The zero-order valence-electron chi connectivity index (χ0n) is 9.77. The predicted molar refractivity (Wildman–Crippen MR) is 58.6 cm³/mol. The molecule has 0 aromatic rings. The van der Waals surface area contributed by atoms with E-state index in [4.69, 9.17) is 9.47 Å². The topological polar surface area (TPSA) is 52.6 Å². The van der Waals surface area contributed by atoms with Crippen molar-refractivity contribution >= 4 is 11.9 Å². The van der Waals surface area contributed by atoms with Crippen LogP contribution < -0.4 is 0 Å². The minimum atomic E-state index is -0.385. The van der Waals surface area contributed by atoms with E-state index in [2.05, 4.69) is 0 Å². The molecular formula is C12H18O4. The van der Waals surface area contributed by atoms with Gasteiger partial charge in [-0.1, -0.05) is 12.2 Å². The molecule has 0 radical (unpaired) electrons. The third-order valence-corrected chi connectivity index (χ3v) is 2.61. The number of hydrogen-bond acceptors (Lipinski definition) is 4. The minimum absolute atomic E-state index is 0.301. The maximum atomic E-state index is 11.7. The van der Waals surface area contributed by atoms with Gasteiger partial charge in [0.15, 0.2) is 0 Å². The highest BCUT2D eigenvalue weighted by Crippen LogP contribution is 2.27. The van der Waals surface area contributed by atoms with Crippen LogP contribution in [0.1, 0.15) is 26.7 Å². The Morgan fingerprint density at radius 3 is 1.69 bits per heavy atom. The van der Waals surface area contributed by atoms with Gasteiger partial charge in [-0.3, -0.25) is 9.59 Å². The van der Waals surface area contributed by atoms with Gasteiger partial charge in [-0.15, -0.1) is 0 Å². The van der Waals surface area contributed by atoms with E-state index in [1.165, 1.54) is 0 Å². The molecule has 90 valence electrons. The molecule has 0 N–H and O–H groups in total. The fraction of sp³-hybridized carbons (Fsp3) is 0.667. The number of hydrogen-bond donors (Lipinski definition) is 0. The molecule has 0 aromatic carbocycles. The Morgan fingerprint density at radius 2 is 1.38 bits per heavy atom. The van der Waals surface area contributed by atoms with E-state index >= 15 is 0 Å². The largest absolute Gasteiger partial charge is 0.466 e. The van der Waals surface area contributed by atoms with Gasteiger partial charge in [-0.25, -0.2) is 0 Å². The van der Waals surface area contributed by atoms with Crippen LogP contribution >= 0.6 is 0 Å². The number of carbonyl (C=O) groups excluding carboxylic acids is 2. The van der Waals surface area contributed by atoms with E-state index < -0.39 is 0 Å². The quantitative estimate of drug-likeness (QED) is 0.540. The van der Waals surface area contributed by atoms with Gasteiger partial charge in [-0.2, -0.15) is 0 Å². The molecule has 1 rings (SSSR count). The lowest BCUT2D eigenvalue weighted by Gasteiger charge is -2.24. The second-order valence-electron chi connectivity index (χ2n) is 3.66. The van der Waals surface area contributed by atoms with Gasteiger partial charge in [0.1, 0.15) is 0 Å². The van der Waals surface area contributed by atoms with Gasteiger partial charge in [0, 0.05) is 0 Å². The lowest BCUT2D eigenvalue weighted by Crippen LogP contribution is -2.33. The van der Waals surface area contributed by atoms with Gasteiger partial charge in [0.25, 0.3) is 0 Å². The number of rotatable bonds is 4. The summed E-state index contributed by atoms with van der Waals surface area (Å²) in [6.45, 7) is 4.20. The van der Waals surface area contributed by atoms with E-state index in [1.807, 2.05) is 12.2 Å². The highest BCUT2D eigenvalue weighted by molar-refractivity contribution is 5.82. The van der Waals surface area contributed by atoms with Crippen LogP contribution in [-0.2, 0) is 19.1 Å². The number of carbonyl (C=O) groups is 2. The normalized spacial score (nSPS) is 23.9. The molecule has 0 aromatic heterocycles. The number of esters is 2. The summed E-state index contributed by atoms with van der Waals surface area (Å²) in [5.74, 6) is -1.37. The maximum absolute atomic E-state index is 11.7. The highest BCUT2D eigenvalue weighted by atomic mass is 16.5. The van der Waals surface area contributed by atoms with Crippen LogP contribution in [0.4, 0.5) is 0 Å². The summed E-state index contributed by atoms with van der Waals surface area (Å²) in [6, 6.07) is 0. The molecular weight excluding hydrogens is 208 g/mol. The van der Waals surface area contributed by atoms with Crippen LogP contribution in [0.25, 0.3) is 0 Å². The fourth-order valence-corrected chi connectivity index (χ4v) is 1.83. The highest BCUT2D eigenvalue weighted by Gasteiger charge is 2.35. The van der Waals surface area contributed by atoms with E-state index in [0.29, 0.717) is 26.1 Å². The Kier molecular flexibility index (Phi) is 5.02. The van der Waals surface area contributed by atoms with Gasteiger partial charge < -0.3 is 9.47 Å². The lowest BCUT2D eigenvalue weighted by atomic mass is 9.83. The molecule has 0 heterocycles. The molecule has 0 spiro atoms. The van der Waals surface area contributed by atoms with E-state index in [-0.39, 0.29) is 23.8 Å². The van der Waals surface area contributed by atoms with Crippen molar-refractivity contribution in [1.29, 1.82) is 0 Å². The Bertz CT molecular complexity index is 255. The number of ether oxygens (including phenoxy) is 2. The van der Waals surface area contributed by atoms with Gasteiger partial charge in [0.05, 0.1) is 25.0 Å². The summed E-state index contributed by atoms with van der Waals surface area (Å²) in [6.07, 6.45) is 4.94. The molecule has 4 heteroatoms. The molecule has 0 saturated carbocycles. The summed E-state index contributed by atoms with van der Waals surface area (Å²) in [5, 5.41) is 0. The standard InChI is InChI=1S/C12H18O4/c1-3-15-11(13)9-7-5-6-8-10(9)12(14)16-4-2/h5-6,9-10H,3-4,7-8H2,1-2H3/t9-,10?/m1/s1. The molecule has 2 atom stereocenters. The summed E-state index contributed by atoms with van der Waals surface area (Å²) >= 11 is 0. The molecule has 1 unspecified atom stereocenters. The van der Waals surface area contributed by atoms with E-state index in [0.717, 1.165) is 0 Å². The molecule has 1 aliphatic carbocycles. The Balaban J connectivity index is 2.68. The first-order chi connectivity index (χ1) is 7.70. The summed E-state index contributed by atoms with van der Waals surface area (Å²) in [7, 11) is 0. The van der Waals surface area contributed by atoms with Crippen molar-refractivity contribution in [1.82, 2.24) is 0 Å².